The second kappa shape index (κ2) is 9.18. The summed E-state index contributed by atoms with van der Waals surface area (Å²) < 4.78 is 1.99. The number of nitrogens with one attached hydrogen (secondary N) is 1. The molecule has 1 aliphatic rings. The van der Waals surface area contributed by atoms with E-state index in [0.717, 1.165) is 43.2 Å². The summed E-state index contributed by atoms with van der Waals surface area (Å²) in [5, 5.41) is 0.581. The molecular formula is C24H26N6OS. The molecule has 5 rings (SSSR count). The van der Waals surface area contributed by atoms with Crippen LogP contribution in [0.1, 0.15) is 24.0 Å². The predicted octanol–water partition coefficient (Wildman–Crippen LogP) is 3.39. The number of anilines is 1. The largest absolute Gasteiger partial charge is 0.341 e. The van der Waals surface area contributed by atoms with Gasteiger partial charge in [-0.3, -0.25) is 14.3 Å². The number of hydrogen-bond acceptors (Lipinski definition) is 6. The topological polar surface area (TPSA) is 92.8 Å². The van der Waals surface area contributed by atoms with Crippen LogP contribution in [0.5, 0.6) is 0 Å². The minimum atomic E-state index is -0.165. The minimum Gasteiger partial charge on any atom is -0.341 e. The van der Waals surface area contributed by atoms with Gasteiger partial charge in [-0.05, 0) is 24.0 Å². The van der Waals surface area contributed by atoms with Gasteiger partial charge in [0.2, 0.25) is 5.95 Å². The van der Waals surface area contributed by atoms with Crippen molar-refractivity contribution in [2.45, 2.75) is 36.3 Å². The Kier molecular flexibility index (Phi) is 5.96. The molecule has 0 radical (unpaired) electrons. The van der Waals surface area contributed by atoms with Gasteiger partial charge in [0.05, 0.1) is 6.54 Å². The van der Waals surface area contributed by atoms with Crippen molar-refractivity contribution in [1.29, 1.82) is 0 Å². The molecule has 164 valence electrons. The molecule has 2 aromatic carbocycles. The van der Waals surface area contributed by atoms with E-state index in [1.165, 1.54) is 17.3 Å². The average Bonchev–Trinajstić information content (AvgIpc) is 3.18. The van der Waals surface area contributed by atoms with Gasteiger partial charge >= 0.3 is 0 Å². The van der Waals surface area contributed by atoms with Crippen molar-refractivity contribution in [2.75, 3.05) is 18.0 Å². The molecule has 0 aliphatic carbocycles. The van der Waals surface area contributed by atoms with Crippen LogP contribution in [0.2, 0.25) is 0 Å². The first-order valence-electron chi connectivity index (χ1n) is 10.9. The van der Waals surface area contributed by atoms with Crippen LogP contribution in [-0.4, -0.2) is 38.7 Å². The third kappa shape index (κ3) is 4.42. The highest BCUT2D eigenvalue weighted by Crippen LogP contribution is 2.26. The summed E-state index contributed by atoms with van der Waals surface area (Å²) in [7, 11) is 0. The van der Waals surface area contributed by atoms with Crippen LogP contribution in [0.4, 0.5) is 5.95 Å². The van der Waals surface area contributed by atoms with Gasteiger partial charge in [-0.2, -0.15) is 4.98 Å². The SMILES string of the molecule is NC1CCCN(c2nc3nc(SCc4ccccc4)[nH]c(=O)c3n2Cc2ccccc2)C1. The summed E-state index contributed by atoms with van der Waals surface area (Å²) in [5.74, 6) is 1.50. The molecule has 2 aromatic heterocycles. The fourth-order valence-corrected chi connectivity index (χ4v) is 4.97. The number of nitrogens with two attached hydrogens (primary N) is 1. The molecule has 0 spiro atoms. The third-order valence-electron chi connectivity index (χ3n) is 5.71. The van der Waals surface area contributed by atoms with Crippen molar-refractivity contribution in [3.63, 3.8) is 0 Å². The average molecular weight is 447 g/mol. The lowest BCUT2D eigenvalue weighted by atomic mass is 10.1. The molecule has 4 aromatic rings. The molecule has 32 heavy (non-hydrogen) atoms. The number of nitrogens with zero attached hydrogens (tertiary/aromatic N) is 4. The second-order valence-electron chi connectivity index (χ2n) is 8.15. The van der Waals surface area contributed by atoms with Crippen LogP contribution in [0, 0.1) is 0 Å². The van der Waals surface area contributed by atoms with Crippen LogP contribution in [0.3, 0.4) is 0 Å². The number of imidazole rings is 1. The maximum Gasteiger partial charge on any atom is 0.277 e. The third-order valence-corrected chi connectivity index (χ3v) is 6.66. The highest BCUT2D eigenvalue weighted by atomic mass is 32.2. The van der Waals surface area contributed by atoms with Gasteiger partial charge in [0.25, 0.3) is 5.56 Å². The Hall–Kier alpha value is -3.10. The summed E-state index contributed by atoms with van der Waals surface area (Å²) in [6, 6.07) is 20.4. The number of aromatic nitrogens is 4. The van der Waals surface area contributed by atoms with E-state index in [4.69, 9.17) is 15.7 Å². The fourth-order valence-electron chi connectivity index (χ4n) is 4.15. The lowest BCUT2D eigenvalue weighted by Gasteiger charge is -2.31. The summed E-state index contributed by atoms with van der Waals surface area (Å²) in [5.41, 5.74) is 9.35. The number of aromatic amines is 1. The molecule has 1 atom stereocenters. The van der Waals surface area contributed by atoms with E-state index < -0.39 is 0 Å². The van der Waals surface area contributed by atoms with Crippen LogP contribution in [0.25, 0.3) is 11.2 Å². The lowest BCUT2D eigenvalue weighted by molar-refractivity contribution is 0.495. The smallest absolute Gasteiger partial charge is 0.277 e. The van der Waals surface area contributed by atoms with E-state index in [1.807, 2.05) is 41.0 Å². The first-order chi connectivity index (χ1) is 15.7. The highest BCUT2D eigenvalue weighted by Gasteiger charge is 2.25. The van der Waals surface area contributed by atoms with E-state index in [-0.39, 0.29) is 11.6 Å². The number of H-pyrrole nitrogens is 1. The Morgan fingerprint density at radius 3 is 2.47 bits per heavy atom. The Bertz CT molecular complexity index is 1250. The Labute approximate surface area is 190 Å². The number of rotatable bonds is 6. The van der Waals surface area contributed by atoms with Gasteiger partial charge in [0.1, 0.15) is 0 Å². The molecule has 1 fully saturated rings. The van der Waals surface area contributed by atoms with Crippen LogP contribution in [-0.2, 0) is 12.3 Å². The van der Waals surface area contributed by atoms with Gasteiger partial charge in [-0.25, -0.2) is 4.98 Å². The number of benzene rings is 2. The van der Waals surface area contributed by atoms with E-state index in [0.29, 0.717) is 22.9 Å². The molecule has 0 amide bonds. The van der Waals surface area contributed by atoms with Gasteiger partial charge in [-0.1, -0.05) is 72.4 Å². The molecule has 8 heteroatoms. The zero-order chi connectivity index (χ0) is 21.9. The second-order valence-corrected chi connectivity index (χ2v) is 9.11. The molecule has 1 saturated heterocycles. The first kappa shape index (κ1) is 20.8. The van der Waals surface area contributed by atoms with Gasteiger partial charge in [0.15, 0.2) is 16.3 Å². The highest BCUT2D eigenvalue weighted by molar-refractivity contribution is 7.98. The van der Waals surface area contributed by atoms with Crippen LogP contribution >= 0.6 is 11.8 Å². The van der Waals surface area contributed by atoms with E-state index >= 15 is 0 Å². The Morgan fingerprint density at radius 2 is 1.75 bits per heavy atom. The number of hydrogen-bond donors (Lipinski definition) is 2. The minimum absolute atomic E-state index is 0.108. The molecule has 7 nitrogen and oxygen atoms in total. The van der Waals surface area contributed by atoms with E-state index in [2.05, 4.69) is 34.1 Å². The van der Waals surface area contributed by atoms with Crippen molar-refractivity contribution in [1.82, 2.24) is 19.5 Å². The standard InChI is InChI=1S/C24H26N6OS/c25-19-12-7-13-29(15-19)24-27-21-20(30(24)14-17-8-3-1-4-9-17)22(31)28-23(26-21)32-16-18-10-5-2-6-11-18/h1-6,8-11,19H,7,12-16,25H2,(H,26,28,31). The monoisotopic (exact) mass is 446 g/mol. The maximum atomic E-state index is 13.2. The molecule has 0 bridgehead atoms. The summed E-state index contributed by atoms with van der Waals surface area (Å²) >= 11 is 1.51. The van der Waals surface area contributed by atoms with E-state index in [9.17, 15) is 4.79 Å². The van der Waals surface area contributed by atoms with Crippen molar-refractivity contribution in [3.8, 4) is 0 Å². The van der Waals surface area contributed by atoms with E-state index in [1.54, 1.807) is 0 Å². The zero-order valence-electron chi connectivity index (χ0n) is 17.8. The summed E-state index contributed by atoms with van der Waals surface area (Å²) in [6.45, 7) is 2.16. The lowest BCUT2D eigenvalue weighted by Crippen LogP contribution is -2.44. The van der Waals surface area contributed by atoms with Crippen molar-refractivity contribution >= 4 is 28.9 Å². The number of piperidine rings is 1. The number of thioether (sulfide) groups is 1. The van der Waals surface area contributed by atoms with Gasteiger partial charge in [0, 0.05) is 24.9 Å². The Morgan fingerprint density at radius 1 is 1.03 bits per heavy atom. The van der Waals surface area contributed by atoms with Crippen molar-refractivity contribution in [3.05, 3.63) is 82.1 Å². The molecular weight excluding hydrogens is 420 g/mol. The summed E-state index contributed by atoms with van der Waals surface area (Å²) in [4.78, 5) is 27.9. The Balaban J connectivity index is 1.53. The normalized spacial score (nSPS) is 16.5. The quantitative estimate of drug-likeness (QED) is 0.348. The molecule has 3 heterocycles. The fraction of sp³-hybridized carbons (Fsp3) is 0.292. The molecule has 1 unspecified atom stereocenters. The van der Waals surface area contributed by atoms with Crippen molar-refractivity contribution in [2.24, 2.45) is 5.73 Å². The predicted molar refractivity (Wildman–Crippen MR) is 129 cm³/mol. The van der Waals surface area contributed by atoms with Crippen molar-refractivity contribution < 1.29 is 0 Å². The molecule has 1 aliphatic heterocycles. The zero-order valence-corrected chi connectivity index (χ0v) is 18.6. The van der Waals surface area contributed by atoms with Crippen LogP contribution in [0.15, 0.2) is 70.6 Å². The van der Waals surface area contributed by atoms with Gasteiger partial charge < -0.3 is 10.6 Å². The molecule has 0 saturated carbocycles. The number of fused-ring (bicyclic) bond motifs is 1. The summed E-state index contributed by atoms with van der Waals surface area (Å²) in [6.07, 6.45) is 2.02. The van der Waals surface area contributed by atoms with Gasteiger partial charge in [-0.15, -0.1) is 0 Å². The first-order valence-corrected chi connectivity index (χ1v) is 11.9. The maximum absolute atomic E-state index is 13.2. The molecule has 3 N–H and O–H groups in total. The van der Waals surface area contributed by atoms with Crippen LogP contribution < -0.4 is 16.2 Å².